The molecule has 0 unspecified atom stereocenters. The summed E-state index contributed by atoms with van der Waals surface area (Å²) in [5.41, 5.74) is 1.06. The van der Waals surface area contributed by atoms with Crippen LogP contribution in [0.1, 0.15) is 24.8 Å². The summed E-state index contributed by atoms with van der Waals surface area (Å²) in [6, 6.07) is 9.85. The molecule has 2 heterocycles. The fourth-order valence-corrected chi connectivity index (χ4v) is 5.11. The van der Waals surface area contributed by atoms with Gasteiger partial charge in [-0.05, 0) is 54.8 Å². The Morgan fingerprint density at radius 3 is 2.61 bits per heavy atom. The Hall–Kier alpha value is -3.04. The first-order valence-electron chi connectivity index (χ1n) is 10.0. The summed E-state index contributed by atoms with van der Waals surface area (Å²) < 4.78 is 43.3. The molecule has 1 N–H and O–H groups in total. The summed E-state index contributed by atoms with van der Waals surface area (Å²) >= 11 is 0. The molecule has 1 fully saturated rings. The Morgan fingerprint density at radius 2 is 1.84 bits per heavy atom. The topological polar surface area (TPSA) is 94.2 Å². The van der Waals surface area contributed by atoms with Crippen LogP contribution < -0.4 is 19.5 Å². The van der Waals surface area contributed by atoms with Gasteiger partial charge in [0.2, 0.25) is 22.7 Å². The summed E-state index contributed by atoms with van der Waals surface area (Å²) in [6.45, 7) is 1.20. The smallest absolute Gasteiger partial charge is 0.248 e. The van der Waals surface area contributed by atoms with E-state index in [1.54, 1.807) is 24.3 Å². The highest BCUT2D eigenvalue weighted by atomic mass is 32.2. The zero-order valence-electron chi connectivity index (χ0n) is 17.2. The lowest BCUT2D eigenvalue weighted by Crippen LogP contribution is -2.35. The van der Waals surface area contributed by atoms with Gasteiger partial charge in [-0.3, -0.25) is 4.79 Å². The number of benzene rings is 2. The average molecular weight is 445 g/mol. The fraction of sp³-hybridized carbons (Fsp3) is 0.318. The molecule has 0 radical (unpaired) electrons. The van der Waals surface area contributed by atoms with Crippen molar-refractivity contribution >= 4 is 27.7 Å². The highest BCUT2D eigenvalue weighted by Gasteiger charge is 2.26. The molecule has 4 rings (SSSR count). The number of carbonyl (C=O) groups excluding carboxylic acids is 1. The van der Waals surface area contributed by atoms with E-state index < -0.39 is 15.9 Å². The molecule has 0 saturated carbocycles. The predicted octanol–water partition coefficient (Wildman–Crippen LogP) is 3.25. The number of piperidine rings is 1. The Balaban J connectivity index is 1.51. The summed E-state index contributed by atoms with van der Waals surface area (Å²) in [5.74, 6) is 1.25. The summed E-state index contributed by atoms with van der Waals surface area (Å²) in [4.78, 5) is 12.6. The van der Waals surface area contributed by atoms with Crippen molar-refractivity contribution in [3.63, 3.8) is 0 Å². The van der Waals surface area contributed by atoms with Crippen LogP contribution in [0.3, 0.4) is 0 Å². The molecule has 31 heavy (non-hydrogen) atoms. The first-order chi connectivity index (χ1) is 15.0. The largest absolute Gasteiger partial charge is 0.495 e. The van der Waals surface area contributed by atoms with Crippen molar-refractivity contribution < 1.29 is 27.4 Å². The molecule has 0 atom stereocenters. The van der Waals surface area contributed by atoms with Crippen LogP contribution in [0, 0.1) is 0 Å². The zero-order chi connectivity index (χ0) is 21.8. The Labute approximate surface area is 181 Å². The maximum absolute atomic E-state index is 13.0. The van der Waals surface area contributed by atoms with E-state index >= 15 is 0 Å². The average Bonchev–Trinajstić information content (AvgIpc) is 3.26. The third-order valence-electron chi connectivity index (χ3n) is 5.21. The quantitative estimate of drug-likeness (QED) is 0.688. The second kappa shape index (κ2) is 8.99. The molecule has 164 valence electrons. The van der Waals surface area contributed by atoms with E-state index in [0.29, 0.717) is 36.0 Å². The van der Waals surface area contributed by atoms with Gasteiger partial charge in [0.15, 0.2) is 11.5 Å². The summed E-state index contributed by atoms with van der Waals surface area (Å²) in [5, 5.41) is 2.71. The van der Waals surface area contributed by atoms with Crippen LogP contribution in [0.4, 0.5) is 5.69 Å². The van der Waals surface area contributed by atoms with Gasteiger partial charge in [0.1, 0.15) is 5.75 Å². The summed E-state index contributed by atoms with van der Waals surface area (Å²) in [7, 11) is -2.16. The molecule has 1 amide bonds. The van der Waals surface area contributed by atoms with E-state index in [9.17, 15) is 13.2 Å². The van der Waals surface area contributed by atoms with Gasteiger partial charge in [0, 0.05) is 19.2 Å². The number of rotatable bonds is 6. The number of nitrogens with zero attached hydrogens (tertiary/aromatic N) is 1. The lowest BCUT2D eigenvalue weighted by molar-refractivity contribution is -0.111. The number of fused-ring (bicyclic) bond motifs is 1. The minimum Gasteiger partial charge on any atom is -0.495 e. The molecule has 0 aromatic heterocycles. The molecule has 8 nitrogen and oxygen atoms in total. The lowest BCUT2D eigenvalue weighted by Gasteiger charge is -2.26. The fourth-order valence-electron chi connectivity index (χ4n) is 3.56. The van der Waals surface area contributed by atoms with Crippen LogP contribution in [0.15, 0.2) is 47.4 Å². The van der Waals surface area contributed by atoms with Gasteiger partial charge in [-0.2, -0.15) is 4.31 Å². The van der Waals surface area contributed by atoms with Crippen LogP contribution in [-0.4, -0.2) is 45.6 Å². The summed E-state index contributed by atoms with van der Waals surface area (Å²) in [6.07, 6.45) is 5.74. The van der Waals surface area contributed by atoms with E-state index in [0.717, 1.165) is 24.8 Å². The number of nitrogens with one attached hydrogen (secondary N) is 1. The lowest BCUT2D eigenvalue weighted by atomic mass is 10.2. The predicted molar refractivity (Wildman–Crippen MR) is 116 cm³/mol. The van der Waals surface area contributed by atoms with Gasteiger partial charge in [0.25, 0.3) is 0 Å². The molecule has 2 aliphatic heterocycles. The number of hydrogen-bond acceptors (Lipinski definition) is 6. The maximum Gasteiger partial charge on any atom is 0.248 e. The molecule has 2 aromatic rings. The van der Waals surface area contributed by atoms with Crippen molar-refractivity contribution in [1.82, 2.24) is 4.31 Å². The number of anilines is 1. The van der Waals surface area contributed by atoms with Crippen LogP contribution in [0.2, 0.25) is 0 Å². The van der Waals surface area contributed by atoms with Gasteiger partial charge >= 0.3 is 0 Å². The van der Waals surface area contributed by atoms with Crippen molar-refractivity contribution in [2.45, 2.75) is 24.2 Å². The van der Waals surface area contributed by atoms with Crippen LogP contribution in [-0.2, 0) is 14.8 Å². The number of ether oxygens (including phenoxy) is 3. The van der Waals surface area contributed by atoms with Crippen LogP contribution in [0.5, 0.6) is 17.2 Å². The zero-order valence-corrected chi connectivity index (χ0v) is 18.0. The third kappa shape index (κ3) is 4.67. The van der Waals surface area contributed by atoms with Gasteiger partial charge in [-0.25, -0.2) is 8.42 Å². The molecule has 2 aliphatic rings. The van der Waals surface area contributed by atoms with Gasteiger partial charge < -0.3 is 19.5 Å². The number of hydrogen-bond donors (Lipinski definition) is 1. The first-order valence-corrected chi connectivity index (χ1v) is 11.5. The normalized spacial score (nSPS) is 16.4. The van der Waals surface area contributed by atoms with E-state index in [4.69, 9.17) is 14.2 Å². The monoisotopic (exact) mass is 444 g/mol. The maximum atomic E-state index is 13.0. The molecule has 0 bridgehead atoms. The Bertz CT molecular complexity index is 1110. The van der Waals surface area contributed by atoms with E-state index in [2.05, 4.69) is 5.32 Å². The van der Waals surface area contributed by atoms with E-state index in [1.807, 2.05) is 6.07 Å². The van der Waals surface area contributed by atoms with Gasteiger partial charge in [0.05, 0.1) is 17.7 Å². The minimum absolute atomic E-state index is 0.130. The number of sulfonamides is 1. The molecule has 0 spiro atoms. The van der Waals surface area contributed by atoms with Crippen molar-refractivity contribution in [3.05, 3.63) is 48.0 Å². The number of methoxy groups -OCH3 is 1. The minimum atomic E-state index is -3.62. The van der Waals surface area contributed by atoms with Crippen molar-refractivity contribution in [2.75, 3.05) is 32.3 Å². The number of amides is 1. The Kier molecular flexibility index (Phi) is 6.15. The highest BCUT2D eigenvalue weighted by Crippen LogP contribution is 2.33. The van der Waals surface area contributed by atoms with Crippen LogP contribution >= 0.6 is 0 Å². The van der Waals surface area contributed by atoms with Gasteiger partial charge in [-0.1, -0.05) is 12.5 Å². The molecule has 1 saturated heterocycles. The molecule has 9 heteroatoms. The first kappa shape index (κ1) is 21.2. The van der Waals surface area contributed by atoms with E-state index in [-0.39, 0.29) is 11.7 Å². The van der Waals surface area contributed by atoms with Crippen molar-refractivity contribution in [2.24, 2.45) is 0 Å². The number of carbonyl (C=O) groups is 1. The molecule has 0 aliphatic carbocycles. The highest BCUT2D eigenvalue weighted by molar-refractivity contribution is 7.89. The van der Waals surface area contributed by atoms with Crippen molar-refractivity contribution in [1.29, 1.82) is 0 Å². The van der Waals surface area contributed by atoms with Crippen LogP contribution in [0.25, 0.3) is 6.08 Å². The standard InChI is InChI=1S/C22H24N2O6S/c1-28-19-9-7-17(31(26,27)24-11-3-2-4-12-24)14-18(19)23-22(25)10-6-16-5-8-20-21(13-16)30-15-29-20/h5-10,13-14H,2-4,11-12,15H2,1H3,(H,23,25). The van der Waals surface area contributed by atoms with Crippen molar-refractivity contribution in [3.8, 4) is 17.2 Å². The molecule has 2 aromatic carbocycles. The second-order valence-corrected chi connectivity index (χ2v) is 9.20. The Morgan fingerprint density at radius 1 is 1.06 bits per heavy atom. The third-order valence-corrected chi connectivity index (χ3v) is 7.10. The molecular weight excluding hydrogens is 420 g/mol. The SMILES string of the molecule is COc1ccc(S(=O)(=O)N2CCCCC2)cc1NC(=O)C=Cc1ccc2c(c1)OCO2. The second-order valence-electron chi connectivity index (χ2n) is 7.26. The molecular formula is C22H24N2O6S. The van der Waals surface area contributed by atoms with E-state index in [1.165, 1.54) is 29.6 Å². The van der Waals surface area contributed by atoms with Gasteiger partial charge in [-0.15, -0.1) is 0 Å².